The number of imidazole rings is 1. The second-order valence-electron chi connectivity index (χ2n) is 5.15. The molecule has 20 heavy (non-hydrogen) atoms. The molecule has 2 aromatic carbocycles. The second-order valence-corrected chi connectivity index (χ2v) is 6.06. The lowest BCUT2D eigenvalue weighted by molar-refractivity contribution is 1.13. The molecule has 0 unspecified atom stereocenters. The molecule has 0 radical (unpaired) electrons. The zero-order valence-electron chi connectivity index (χ0n) is 11.7. The zero-order valence-corrected chi connectivity index (χ0v) is 13.3. The summed E-state index contributed by atoms with van der Waals surface area (Å²) in [6.07, 6.45) is 0. The van der Waals surface area contributed by atoms with Crippen LogP contribution < -0.4 is 4.90 Å². The van der Waals surface area contributed by atoms with Gasteiger partial charge in [-0.3, -0.25) is 0 Å². The zero-order chi connectivity index (χ0) is 14.3. The molecule has 1 N–H and O–H groups in total. The summed E-state index contributed by atoms with van der Waals surface area (Å²) in [4.78, 5) is 10.2. The molecule has 102 valence electrons. The number of rotatable bonds is 2. The molecule has 0 aliphatic heterocycles. The third-order valence-electron chi connectivity index (χ3n) is 3.40. The Hall–Kier alpha value is -1.81. The first-order valence-electron chi connectivity index (χ1n) is 6.48. The quantitative estimate of drug-likeness (QED) is 0.757. The van der Waals surface area contributed by atoms with Gasteiger partial charge in [0, 0.05) is 29.8 Å². The highest BCUT2D eigenvalue weighted by molar-refractivity contribution is 9.10. The van der Waals surface area contributed by atoms with Crippen LogP contribution in [0.2, 0.25) is 0 Å². The predicted molar refractivity (Wildman–Crippen MR) is 88.3 cm³/mol. The Morgan fingerprint density at radius 2 is 1.80 bits per heavy atom. The number of benzene rings is 2. The van der Waals surface area contributed by atoms with Gasteiger partial charge in [0.2, 0.25) is 0 Å². The molecule has 0 bridgehead atoms. The van der Waals surface area contributed by atoms with Gasteiger partial charge in [0.1, 0.15) is 5.82 Å². The first kappa shape index (κ1) is 13.2. The Balaban J connectivity index is 2.08. The fraction of sp³-hybridized carbons (Fsp3) is 0.188. The summed E-state index contributed by atoms with van der Waals surface area (Å²) in [6, 6.07) is 12.5. The van der Waals surface area contributed by atoms with Crippen molar-refractivity contribution in [3.8, 4) is 11.4 Å². The average Bonchev–Trinajstić information content (AvgIpc) is 2.83. The van der Waals surface area contributed by atoms with E-state index in [4.69, 9.17) is 4.98 Å². The maximum Gasteiger partial charge on any atom is 0.138 e. The van der Waals surface area contributed by atoms with Gasteiger partial charge in [0.05, 0.1) is 11.0 Å². The summed E-state index contributed by atoms with van der Waals surface area (Å²) >= 11 is 3.52. The van der Waals surface area contributed by atoms with E-state index >= 15 is 0 Å². The Labute approximate surface area is 126 Å². The molecule has 0 fully saturated rings. The summed E-state index contributed by atoms with van der Waals surface area (Å²) in [5.74, 6) is 0.909. The largest absolute Gasteiger partial charge is 0.378 e. The van der Waals surface area contributed by atoms with Gasteiger partial charge in [-0.05, 0) is 48.9 Å². The maximum absolute atomic E-state index is 4.71. The van der Waals surface area contributed by atoms with E-state index in [2.05, 4.69) is 69.1 Å². The molecule has 3 aromatic rings. The van der Waals surface area contributed by atoms with Gasteiger partial charge in [0.25, 0.3) is 0 Å². The summed E-state index contributed by atoms with van der Waals surface area (Å²) in [5.41, 5.74) is 5.54. The van der Waals surface area contributed by atoms with Crippen LogP contribution in [0.4, 0.5) is 5.69 Å². The van der Waals surface area contributed by atoms with Gasteiger partial charge in [-0.1, -0.05) is 15.9 Å². The Morgan fingerprint density at radius 3 is 2.45 bits per heavy atom. The number of hydrogen-bond donors (Lipinski definition) is 1. The third kappa shape index (κ3) is 2.31. The van der Waals surface area contributed by atoms with Crippen molar-refractivity contribution in [1.29, 1.82) is 0 Å². The highest BCUT2D eigenvalue weighted by atomic mass is 79.9. The standard InChI is InChI=1S/C16H16BrN3/c1-10-8-12(17)9-14-15(10)19-16(18-14)11-4-6-13(7-5-11)20(2)3/h4-9H,1-3H3,(H,18,19). The molecular formula is C16H16BrN3. The van der Waals surface area contributed by atoms with Crippen molar-refractivity contribution < 1.29 is 0 Å². The summed E-state index contributed by atoms with van der Waals surface area (Å²) in [6.45, 7) is 2.08. The maximum atomic E-state index is 4.71. The minimum Gasteiger partial charge on any atom is -0.378 e. The van der Waals surface area contributed by atoms with Gasteiger partial charge in [-0.15, -0.1) is 0 Å². The van der Waals surface area contributed by atoms with Crippen molar-refractivity contribution >= 4 is 32.7 Å². The fourth-order valence-corrected chi connectivity index (χ4v) is 2.87. The van der Waals surface area contributed by atoms with Crippen molar-refractivity contribution in [3.05, 3.63) is 46.4 Å². The molecule has 4 heteroatoms. The van der Waals surface area contributed by atoms with Gasteiger partial charge in [0.15, 0.2) is 0 Å². The summed E-state index contributed by atoms with van der Waals surface area (Å²) in [7, 11) is 4.08. The van der Waals surface area contributed by atoms with Crippen LogP contribution in [0.15, 0.2) is 40.9 Å². The van der Waals surface area contributed by atoms with E-state index in [0.29, 0.717) is 0 Å². The number of nitrogens with one attached hydrogen (secondary N) is 1. The van der Waals surface area contributed by atoms with E-state index in [1.54, 1.807) is 0 Å². The van der Waals surface area contributed by atoms with Crippen LogP contribution in [-0.4, -0.2) is 24.1 Å². The fourth-order valence-electron chi connectivity index (χ4n) is 2.30. The van der Waals surface area contributed by atoms with E-state index in [1.807, 2.05) is 14.1 Å². The van der Waals surface area contributed by atoms with Crippen LogP contribution >= 0.6 is 15.9 Å². The highest BCUT2D eigenvalue weighted by Gasteiger charge is 2.08. The molecule has 0 saturated heterocycles. The lowest BCUT2D eigenvalue weighted by Gasteiger charge is -2.11. The van der Waals surface area contributed by atoms with Gasteiger partial charge in [-0.25, -0.2) is 4.98 Å². The van der Waals surface area contributed by atoms with E-state index < -0.39 is 0 Å². The number of fused-ring (bicyclic) bond motifs is 1. The van der Waals surface area contributed by atoms with Crippen molar-refractivity contribution in [2.24, 2.45) is 0 Å². The van der Waals surface area contributed by atoms with Crippen LogP contribution in [0.5, 0.6) is 0 Å². The first-order chi connectivity index (χ1) is 9.54. The first-order valence-corrected chi connectivity index (χ1v) is 7.27. The van der Waals surface area contributed by atoms with Crippen LogP contribution in [0, 0.1) is 6.92 Å². The molecule has 3 nitrogen and oxygen atoms in total. The molecule has 0 aliphatic rings. The number of aromatic nitrogens is 2. The van der Waals surface area contributed by atoms with E-state index in [-0.39, 0.29) is 0 Å². The van der Waals surface area contributed by atoms with Gasteiger partial charge < -0.3 is 9.88 Å². The SMILES string of the molecule is Cc1cc(Br)cc2[nH]c(-c3ccc(N(C)C)cc3)nc12. The van der Waals surface area contributed by atoms with Gasteiger partial charge >= 0.3 is 0 Å². The molecule has 1 heterocycles. The molecular weight excluding hydrogens is 314 g/mol. The van der Waals surface area contributed by atoms with Crippen molar-refractivity contribution in [2.45, 2.75) is 6.92 Å². The normalized spacial score (nSPS) is 11.0. The number of nitrogens with zero attached hydrogens (tertiary/aromatic N) is 2. The average molecular weight is 330 g/mol. The van der Waals surface area contributed by atoms with Crippen molar-refractivity contribution in [1.82, 2.24) is 9.97 Å². The molecule has 0 amide bonds. The topological polar surface area (TPSA) is 31.9 Å². The molecule has 1 aromatic heterocycles. The minimum atomic E-state index is 0.909. The molecule has 3 rings (SSSR count). The lowest BCUT2D eigenvalue weighted by atomic mass is 10.2. The van der Waals surface area contributed by atoms with Gasteiger partial charge in [-0.2, -0.15) is 0 Å². The lowest BCUT2D eigenvalue weighted by Crippen LogP contribution is -2.07. The van der Waals surface area contributed by atoms with Crippen molar-refractivity contribution in [2.75, 3.05) is 19.0 Å². The number of aryl methyl sites for hydroxylation is 1. The van der Waals surface area contributed by atoms with E-state index in [0.717, 1.165) is 26.9 Å². The summed E-state index contributed by atoms with van der Waals surface area (Å²) < 4.78 is 1.07. The van der Waals surface area contributed by atoms with Crippen LogP contribution in [0.1, 0.15) is 5.56 Å². The van der Waals surface area contributed by atoms with Crippen molar-refractivity contribution in [3.63, 3.8) is 0 Å². The third-order valence-corrected chi connectivity index (χ3v) is 3.86. The van der Waals surface area contributed by atoms with Crippen LogP contribution in [0.3, 0.4) is 0 Å². The number of hydrogen-bond acceptors (Lipinski definition) is 2. The Kier molecular flexibility index (Phi) is 3.26. The van der Waals surface area contributed by atoms with E-state index in [1.165, 1.54) is 11.3 Å². The molecule has 0 atom stereocenters. The molecule has 0 spiro atoms. The highest BCUT2D eigenvalue weighted by Crippen LogP contribution is 2.26. The Morgan fingerprint density at radius 1 is 1.10 bits per heavy atom. The minimum absolute atomic E-state index is 0.909. The molecule has 0 aliphatic carbocycles. The van der Waals surface area contributed by atoms with Crippen LogP contribution in [0.25, 0.3) is 22.4 Å². The van der Waals surface area contributed by atoms with E-state index in [9.17, 15) is 0 Å². The predicted octanol–water partition coefficient (Wildman–Crippen LogP) is 4.37. The number of H-pyrrole nitrogens is 1. The summed E-state index contributed by atoms with van der Waals surface area (Å²) in [5, 5.41) is 0. The number of anilines is 1. The van der Waals surface area contributed by atoms with Crippen LogP contribution in [-0.2, 0) is 0 Å². The monoisotopic (exact) mass is 329 g/mol. The molecule has 0 saturated carbocycles. The number of aromatic amines is 1. The number of halogens is 1. The Bertz CT molecular complexity index is 757. The smallest absolute Gasteiger partial charge is 0.138 e. The second kappa shape index (κ2) is 4.94.